The van der Waals surface area contributed by atoms with Crippen LogP contribution in [0, 0.1) is 5.92 Å². The second-order valence-electron chi connectivity index (χ2n) is 4.99. The van der Waals surface area contributed by atoms with E-state index < -0.39 is 0 Å². The standard InChI is InChI=1S/C14H19Br2NO/c1-10-5-6-17(9-13(10)16)8-11-3-4-14(18-2)12(15)7-11/h3-4,7,10,13H,5-6,8-9H2,1-2H3. The number of rotatable bonds is 3. The third-order valence-electron chi connectivity index (χ3n) is 3.57. The average molecular weight is 377 g/mol. The van der Waals surface area contributed by atoms with Crippen molar-refractivity contribution in [3.63, 3.8) is 0 Å². The molecule has 1 saturated heterocycles. The molecule has 0 radical (unpaired) electrons. The first kappa shape index (κ1) is 14.4. The van der Waals surface area contributed by atoms with Crippen LogP contribution >= 0.6 is 31.9 Å². The molecule has 18 heavy (non-hydrogen) atoms. The number of alkyl halides is 1. The van der Waals surface area contributed by atoms with Crippen LogP contribution in [0.3, 0.4) is 0 Å². The minimum absolute atomic E-state index is 0.618. The van der Waals surface area contributed by atoms with Gasteiger partial charge in [0.1, 0.15) is 5.75 Å². The maximum absolute atomic E-state index is 5.25. The Kier molecular flexibility index (Phi) is 5.10. The van der Waals surface area contributed by atoms with Gasteiger partial charge in [0.05, 0.1) is 11.6 Å². The van der Waals surface area contributed by atoms with Crippen molar-refractivity contribution in [1.29, 1.82) is 0 Å². The van der Waals surface area contributed by atoms with Crippen molar-refractivity contribution in [1.82, 2.24) is 4.90 Å². The van der Waals surface area contributed by atoms with Gasteiger partial charge in [-0.2, -0.15) is 0 Å². The Hall–Kier alpha value is -0.0600. The van der Waals surface area contributed by atoms with Crippen molar-refractivity contribution in [3.8, 4) is 5.75 Å². The predicted octanol–water partition coefficient (Wildman–Crippen LogP) is 4.06. The van der Waals surface area contributed by atoms with Crippen LogP contribution in [0.1, 0.15) is 18.9 Å². The van der Waals surface area contributed by atoms with Crippen molar-refractivity contribution in [3.05, 3.63) is 28.2 Å². The zero-order valence-corrected chi connectivity index (χ0v) is 14.0. The lowest BCUT2D eigenvalue weighted by Gasteiger charge is -2.34. The molecule has 0 aliphatic carbocycles. The molecule has 2 atom stereocenters. The summed E-state index contributed by atoms with van der Waals surface area (Å²) in [6.07, 6.45) is 1.27. The minimum atomic E-state index is 0.618. The first-order chi connectivity index (χ1) is 8.60. The molecule has 0 aromatic heterocycles. The SMILES string of the molecule is COc1ccc(CN2CCC(C)C(Br)C2)cc1Br. The highest BCUT2D eigenvalue weighted by atomic mass is 79.9. The Morgan fingerprint density at radius 1 is 1.44 bits per heavy atom. The molecular formula is C14H19Br2NO. The van der Waals surface area contributed by atoms with E-state index in [9.17, 15) is 0 Å². The Labute approximate surface area is 126 Å². The molecule has 1 aliphatic rings. The van der Waals surface area contributed by atoms with E-state index >= 15 is 0 Å². The molecule has 0 N–H and O–H groups in total. The van der Waals surface area contributed by atoms with E-state index in [4.69, 9.17) is 4.74 Å². The largest absolute Gasteiger partial charge is 0.496 e. The molecule has 0 amide bonds. The summed E-state index contributed by atoms with van der Waals surface area (Å²) in [5.41, 5.74) is 1.33. The van der Waals surface area contributed by atoms with Gasteiger partial charge in [0.2, 0.25) is 0 Å². The van der Waals surface area contributed by atoms with E-state index in [0.717, 1.165) is 29.2 Å². The number of benzene rings is 1. The fraction of sp³-hybridized carbons (Fsp3) is 0.571. The zero-order valence-electron chi connectivity index (χ0n) is 10.8. The number of likely N-dealkylation sites (tertiary alicyclic amines) is 1. The molecule has 1 heterocycles. The summed E-state index contributed by atoms with van der Waals surface area (Å²) < 4.78 is 6.28. The highest BCUT2D eigenvalue weighted by Crippen LogP contribution is 2.28. The van der Waals surface area contributed by atoms with Gasteiger partial charge in [0, 0.05) is 17.9 Å². The number of hydrogen-bond acceptors (Lipinski definition) is 2. The number of ether oxygens (including phenoxy) is 1. The van der Waals surface area contributed by atoms with E-state index in [0.29, 0.717) is 4.83 Å². The number of hydrogen-bond donors (Lipinski definition) is 0. The molecule has 1 aliphatic heterocycles. The molecule has 0 bridgehead atoms. The topological polar surface area (TPSA) is 12.5 Å². The lowest BCUT2D eigenvalue weighted by atomic mass is 9.98. The molecule has 1 fully saturated rings. The summed E-state index contributed by atoms with van der Waals surface area (Å²) in [4.78, 5) is 3.13. The summed E-state index contributed by atoms with van der Waals surface area (Å²) in [5.74, 6) is 1.67. The van der Waals surface area contributed by atoms with E-state index in [2.05, 4.69) is 55.8 Å². The van der Waals surface area contributed by atoms with Gasteiger partial charge < -0.3 is 4.74 Å². The van der Waals surface area contributed by atoms with Crippen LogP contribution in [0.4, 0.5) is 0 Å². The van der Waals surface area contributed by atoms with Crippen molar-refractivity contribution < 1.29 is 4.74 Å². The van der Waals surface area contributed by atoms with Crippen LogP contribution in [0.2, 0.25) is 0 Å². The summed E-state index contributed by atoms with van der Waals surface area (Å²) in [7, 11) is 1.70. The molecule has 2 rings (SSSR count). The molecule has 1 aromatic rings. The maximum atomic E-state index is 5.25. The molecule has 2 nitrogen and oxygen atoms in total. The van der Waals surface area contributed by atoms with Crippen LogP contribution in [0.5, 0.6) is 5.75 Å². The lowest BCUT2D eigenvalue weighted by molar-refractivity contribution is 0.194. The van der Waals surface area contributed by atoms with Crippen molar-refractivity contribution >= 4 is 31.9 Å². The van der Waals surface area contributed by atoms with Gasteiger partial charge in [-0.3, -0.25) is 4.90 Å². The fourth-order valence-corrected chi connectivity index (χ4v) is 3.56. The predicted molar refractivity (Wildman–Crippen MR) is 82.5 cm³/mol. The smallest absolute Gasteiger partial charge is 0.133 e. The number of nitrogens with zero attached hydrogens (tertiary/aromatic N) is 1. The summed E-state index contributed by atoms with van der Waals surface area (Å²) in [6.45, 7) is 5.65. The van der Waals surface area contributed by atoms with Crippen LogP contribution in [0.15, 0.2) is 22.7 Å². The molecule has 0 saturated carbocycles. The normalized spacial score (nSPS) is 25.1. The van der Waals surface area contributed by atoms with Gasteiger partial charge in [-0.15, -0.1) is 0 Å². The Balaban J connectivity index is 1.99. The third kappa shape index (κ3) is 3.49. The maximum Gasteiger partial charge on any atom is 0.133 e. The van der Waals surface area contributed by atoms with E-state index in [1.54, 1.807) is 7.11 Å². The van der Waals surface area contributed by atoms with Crippen LogP contribution < -0.4 is 4.74 Å². The van der Waals surface area contributed by atoms with E-state index in [-0.39, 0.29) is 0 Å². The molecule has 4 heteroatoms. The van der Waals surface area contributed by atoms with E-state index in [1.807, 2.05) is 6.07 Å². The van der Waals surface area contributed by atoms with Gasteiger partial charge in [-0.1, -0.05) is 28.9 Å². The quantitative estimate of drug-likeness (QED) is 0.737. The number of methoxy groups -OCH3 is 1. The Bertz CT molecular complexity index is 411. The average Bonchev–Trinajstić information content (AvgIpc) is 2.34. The summed E-state index contributed by atoms with van der Waals surface area (Å²) in [5, 5.41) is 0. The first-order valence-corrected chi connectivity index (χ1v) is 8.00. The first-order valence-electron chi connectivity index (χ1n) is 6.29. The monoisotopic (exact) mass is 375 g/mol. The molecule has 2 unspecified atom stereocenters. The Morgan fingerprint density at radius 2 is 2.22 bits per heavy atom. The van der Waals surface area contributed by atoms with Crippen LogP contribution in [-0.4, -0.2) is 29.9 Å². The molecule has 100 valence electrons. The summed E-state index contributed by atoms with van der Waals surface area (Å²) in [6, 6.07) is 6.32. The van der Waals surface area contributed by atoms with Crippen LogP contribution in [-0.2, 0) is 6.54 Å². The van der Waals surface area contributed by atoms with Gasteiger partial charge >= 0.3 is 0 Å². The second kappa shape index (κ2) is 6.40. The van der Waals surface area contributed by atoms with Gasteiger partial charge in [0.15, 0.2) is 0 Å². The molecule has 0 spiro atoms. The number of piperidine rings is 1. The highest BCUT2D eigenvalue weighted by molar-refractivity contribution is 9.10. The van der Waals surface area contributed by atoms with Gasteiger partial charge in [0.25, 0.3) is 0 Å². The highest BCUT2D eigenvalue weighted by Gasteiger charge is 2.23. The molecule has 1 aromatic carbocycles. The van der Waals surface area contributed by atoms with Gasteiger partial charge in [-0.25, -0.2) is 0 Å². The zero-order chi connectivity index (χ0) is 13.1. The third-order valence-corrected chi connectivity index (χ3v) is 5.38. The van der Waals surface area contributed by atoms with E-state index in [1.165, 1.54) is 18.5 Å². The van der Waals surface area contributed by atoms with Crippen molar-refractivity contribution in [2.45, 2.75) is 24.7 Å². The minimum Gasteiger partial charge on any atom is -0.496 e. The second-order valence-corrected chi connectivity index (χ2v) is 7.02. The lowest BCUT2D eigenvalue weighted by Crippen LogP contribution is -2.39. The fourth-order valence-electron chi connectivity index (χ4n) is 2.29. The Morgan fingerprint density at radius 3 is 2.83 bits per heavy atom. The van der Waals surface area contributed by atoms with Crippen LogP contribution in [0.25, 0.3) is 0 Å². The molecular weight excluding hydrogens is 358 g/mol. The number of halogens is 2. The summed E-state index contributed by atoms with van der Waals surface area (Å²) >= 11 is 7.31. The van der Waals surface area contributed by atoms with Gasteiger partial charge in [-0.05, 0) is 52.5 Å². The van der Waals surface area contributed by atoms with Crippen molar-refractivity contribution in [2.75, 3.05) is 20.2 Å². The van der Waals surface area contributed by atoms with Crippen molar-refractivity contribution in [2.24, 2.45) is 5.92 Å².